The molecule has 2 N–H and O–H groups in total. The molecule has 1 aromatic carbocycles. The van der Waals surface area contributed by atoms with Gasteiger partial charge in [0, 0.05) is 25.6 Å². The summed E-state index contributed by atoms with van der Waals surface area (Å²) >= 11 is 0. The zero-order valence-electron chi connectivity index (χ0n) is 23.7. The van der Waals surface area contributed by atoms with Crippen molar-refractivity contribution in [2.24, 2.45) is 0 Å². The number of nitrogens with zero attached hydrogens (tertiary/aromatic N) is 4. The second-order valence-electron chi connectivity index (χ2n) is 9.20. The molecule has 42 heavy (non-hydrogen) atoms. The number of carboxylic acid groups (broad SMARTS) is 1. The summed E-state index contributed by atoms with van der Waals surface area (Å²) in [4.78, 5) is 67.9. The van der Waals surface area contributed by atoms with Gasteiger partial charge in [-0.15, -0.1) is 5.06 Å². The molecule has 3 rings (SSSR count). The van der Waals surface area contributed by atoms with E-state index in [2.05, 4.69) is 10.4 Å². The minimum Gasteiger partial charge on any atom is -0.481 e. The maximum Gasteiger partial charge on any atom is 0.527 e. The molecule has 0 unspecified atom stereocenters. The molecule has 1 aliphatic heterocycles. The van der Waals surface area contributed by atoms with E-state index >= 15 is 0 Å². The molecule has 2 amide bonds. The third kappa shape index (κ3) is 9.19. The number of piperazine rings is 1. The normalized spacial score (nSPS) is 14.0. The number of carboxylic acids is 1. The van der Waals surface area contributed by atoms with E-state index in [0.29, 0.717) is 5.69 Å². The molecule has 0 aliphatic carbocycles. The molecule has 228 valence electrons. The van der Waals surface area contributed by atoms with Gasteiger partial charge in [-0.1, -0.05) is 17.7 Å². The third-order valence-electron chi connectivity index (χ3n) is 6.10. The van der Waals surface area contributed by atoms with E-state index in [1.807, 2.05) is 19.1 Å². The maximum absolute atomic E-state index is 13.3. The van der Waals surface area contributed by atoms with Crippen LogP contribution in [0.5, 0.6) is 5.88 Å². The predicted octanol–water partition coefficient (Wildman–Crippen LogP) is 1.32. The number of carbonyl (C=O) groups is 5. The van der Waals surface area contributed by atoms with Crippen LogP contribution in [0.4, 0.5) is 4.79 Å². The lowest BCUT2D eigenvalue weighted by molar-refractivity contribution is -0.157. The van der Waals surface area contributed by atoms with Crippen molar-refractivity contribution < 1.29 is 48.1 Å². The molecule has 0 radical (unpaired) electrons. The summed E-state index contributed by atoms with van der Waals surface area (Å²) in [6, 6.07) is 7.34. The highest BCUT2D eigenvalue weighted by Gasteiger charge is 2.31. The van der Waals surface area contributed by atoms with Gasteiger partial charge in [0.25, 0.3) is 5.91 Å². The zero-order valence-corrected chi connectivity index (χ0v) is 23.7. The fourth-order valence-corrected chi connectivity index (χ4v) is 4.01. The number of rotatable bonds is 13. The lowest BCUT2D eigenvalue weighted by atomic mass is 10.1. The number of hydroxylamine groups is 2. The second kappa shape index (κ2) is 15.4. The molecular weight excluding hydrogens is 554 g/mol. The standard InChI is InChI=1S/C27H35N5O10/c1-4-39-24(35)17-41-22-16-21(29-32(22)19-8-6-18(3)7-9-19)25(36)28-20(10-11-23(33)34)26(37)30-12-14-31(15-13-30)42-27(38)40-5-2/h6-9,16,20H,4-5,10-15,17H2,1-3H3,(H,28,36)(H,33,34)/t20-/m0/s1. The Morgan fingerprint density at radius 2 is 1.67 bits per heavy atom. The number of carbonyl (C=O) groups excluding carboxylic acids is 4. The number of aliphatic carboxylic acids is 1. The first kappa shape index (κ1) is 31.9. The van der Waals surface area contributed by atoms with Gasteiger partial charge in [-0.3, -0.25) is 14.4 Å². The largest absolute Gasteiger partial charge is 0.527 e. The highest BCUT2D eigenvalue weighted by Crippen LogP contribution is 2.21. The van der Waals surface area contributed by atoms with Gasteiger partial charge in [-0.2, -0.15) is 5.10 Å². The fourth-order valence-electron chi connectivity index (χ4n) is 4.01. The van der Waals surface area contributed by atoms with Crippen molar-refractivity contribution in [1.29, 1.82) is 0 Å². The van der Waals surface area contributed by atoms with E-state index in [0.717, 1.165) is 5.56 Å². The third-order valence-corrected chi connectivity index (χ3v) is 6.10. The van der Waals surface area contributed by atoms with Gasteiger partial charge < -0.3 is 34.4 Å². The minimum atomic E-state index is -1.17. The minimum absolute atomic E-state index is 0.0863. The summed E-state index contributed by atoms with van der Waals surface area (Å²) in [5, 5.41) is 17.5. The number of hydrogen-bond donors (Lipinski definition) is 2. The van der Waals surface area contributed by atoms with Crippen LogP contribution in [-0.2, 0) is 28.7 Å². The smallest absolute Gasteiger partial charge is 0.481 e. The molecule has 0 saturated carbocycles. The number of nitrogens with one attached hydrogen (secondary N) is 1. The van der Waals surface area contributed by atoms with Crippen LogP contribution in [0.25, 0.3) is 5.69 Å². The van der Waals surface area contributed by atoms with Crippen LogP contribution in [0.15, 0.2) is 30.3 Å². The van der Waals surface area contributed by atoms with Gasteiger partial charge >= 0.3 is 18.1 Å². The van der Waals surface area contributed by atoms with Gasteiger partial charge in [0.05, 0.1) is 32.0 Å². The van der Waals surface area contributed by atoms with Crippen molar-refractivity contribution in [3.63, 3.8) is 0 Å². The van der Waals surface area contributed by atoms with Crippen LogP contribution in [0.1, 0.15) is 42.7 Å². The molecule has 1 atom stereocenters. The topological polar surface area (TPSA) is 179 Å². The summed E-state index contributed by atoms with van der Waals surface area (Å²) in [5.74, 6) is -2.88. The first-order chi connectivity index (χ1) is 20.1. The van der Waals surface area contributed by atoms with E-state index in [1.165, 1.54) is 20.7 Å². The van der Waals surface area contributed by atoms with Crippen molar-refractivity contribution in [1.82, 2.24) is 25.1 Å². The van der Waals surface area contributed by atoms with Crippen molar-refractivity contribution in [2.75, 3.05) is 46.0 Å². The van der Waals surface area contributed by atoms with Crippen LogP contribution < -0.4 is 10.1 Å². The number of benzene rings is 1. The molecule has 1 aliphatic rings. The highest BCUT2D eigenvalue weighted by molar-refractivity contribution is 5.96. The Morgan fingerprint density at radius 3 is 2.29 bits per heavy atom. The molecule has 2 aromatic rings. The second-order valence-corrected chi connectivity index (χ2v) is 9.20. The van der Waals surface area contributed by atoms with Crippen molar-refractivity contribution in [2.45, 2.75) is 39.7 Å². The monoisotopic (exact) mass is 589 g/mol. The van der Waals surface area contributed by atoms with Crippen LogP contribution in [0.3, 0.4) is 0 Å². The van der Waals surface area contributed by atoms with E-state index in [9.17, 15) is 29.1 Å². The lowest BCUT2D eigenvalue weighted by Crippen LogP contribution is -2.55. The van der Waals surface area contributed by atoms with Crippen molar-refractivity contribution >= 4 is 29.9 Å². The van der Waals surface area contributed by atoms with E-state index in [1.54, 1.807) is 26.0 Å². The molecule has 0 spiro atoms. The zero-order chi connectivity index (χ0) is 30.6. The number of aromatic nitrogens is 2. The summed E-state index contributed by atoms with van der Waals surface area (Å²) in [5.41, 5.74) is 1.43. The molecule has 1 saturated heterocycles. The number of hydrogen-bond acceptors (Lipinski definition) is 11. The average molecular weight is 590 g/mol. The molecule has 15 nitrogen and oxygen atoms in total. The Hall–Kier alpha value is -4.66. The fraction of sp³-hybridized carbons (Fsp3) is 0.481. The van der Waals surface area contributed by atoms with Gasteiger partial charge in [0.1, 0.15) is 6.04 Å². The quantitative estimate of drug-likeness (QED) is 0.321. The average Bonchev–Trinajstić information content (AvgIpc) is 3.39. The molecule has 1 aromatic heterocycles. The molecule has 15 heteroatoms. The summed E-state index contributed by atoms with van der Waals surface area (Å²) < 4.78 is 16.6. The van der Waals surface area contributed by atoms with Crippen LogP contribution in [0.2, 0.25) is 0 Å². The highest BCUT2D eigenvalue weighted by atomic mass is 16.8. The van der Waals surface area contributed by atoms with E-state index in [-0.39, 0.29) is 63.8 Å². The van der Waals surface area contributed by atoms with E-state index in [4.69, 9.17) is 19.0 Å². The van der Waals surface area contributed by atoms with Crippen LogP contribution in [0, 0.1) is 6.92 Å². The summed E-state index contributed by atoms with van der Waals surface area (Å²) in [7, 11) is 0. The van der Waals surface area contributed by atoms with Crippen LogP contribution >= 0.6 is 0 Å². The molecule has 0 bridgehead atoms. The van der Waals surface area contributed by atoms with Gasteiger partial charge in [0.2, 0.25) is 11.8 Å². The van der Waals surface area contributed by atoms with E-state index < -0.39 is 42.6 Å². The number of amides is 2. The SMILES string of the molecule is CCOC(=O)COc1cc(C(=O)N[C@@H](CCC(=O)O)C(=O)N2CCN(OC(=O)OCC)CC2)nn1-c1ccc(C)cc1. The summed E-state index contributed by atoms with van der Waals surface area (Å²) in [6.07, 6.45) is -1.38. The summed E-state index contributed by atoms with van der Waals surface area (Å²) in [6.45, 7) is 5.87. The van der Waals surface area contributed by atoms with Crippen molar-refractivity contribution in [3.8, 4) is 11.6 Å². The lowest BCUT2D eigenvalue weighted by Gasteiger charge is -2.35. The molecule has 1 fully saturated rings. The Kier molecular flexibility index (Phi) is 11.7. The first-order valence-electron chi connectivity index (χ1n) is 13.5. The number of ether oxygens (including phenoxy) is 3. The van der Waals surface area contributed by atoms with Gasteiger partial charge in [-0.05, 0) is 39.3 Å². The Morgan fingerprint density at radius 1 is 1.00 bits per heavy atom. The number of esters is 1. The number of aryl methyl sites for hydroxylation is 1. The molecule has 2 heterocycles. The Balaban J connectivity index is 1.75. The molecular formula is C27H35N5O10. The maximum atomic E-state index is 13.3. The van der Waals surface area contributed by atoms with Gasteiger partial charge in [0.15, 0.2) is 12.3 Å². The Labute approximate surface area is 242 Å². The van der Waals surface area contributed by atoms with Crippen molar-refractivity contribution in [3.05, 3.63) is 41.6 Å². The predicted molar refractivity (Wildman–Crippen MR) is 145 cm³/mol. The first-order valence-corrected chi connectivity index (χ1v) is 13.5. The van der Waals surface area contributed by atoms with Crippen LogP contribution in [-0.4, -0.2) is 107 Å². The van der Waals surface area contributed by atoms with Gasteiger partial charge in [-0.25, -0.2) is 14.3 Å². The Bertz CT molecular complexity index is 1250.